The molecule has 1 heterocycles. The van der Waals surface area contributed by atoms with E-state index in [1.54, 1.807) is 3.58 Å². The summed E-state index contributed by atoms with van der Waals surface area (Å²) < 4.78 is 5.73. The first-order chi connectivity index (χ1) is 17.5. The van der Waals surface area contributed by atoms with E-state index in [0.717, 1.165) is 29.4 Å². The molecule has 0 aromatic heterocycles. The number of unbranched alkanes of at least 4 members (excludes halogenated alkanes) is 8. The van der Waals surface area contributed by atoms with E-state index >= 15 is 0 Å². The van der Waals surface area contributed by atoms with Gasteiger partial charge < -0.3 is 0 Å². The first-order valence-corrected chi connectivity index (χ1v) is 22.4. The zero-order valence-corrected chi connectivity index (χ0v) is 26.3. The number of imide groups is 1. The van der Waals surface area contributed by atoms with E-state index < -0.39 is 18.4 Å². The Balaban J connectivity index is 1.99. The van der Waals surface area contributed by atoms with Gasteiger partial charge in [-0.2, -0.15) is 0 Å². The van der Waals surface area contributed by atoms with Gasteiger partial charge in [-0.15, -0.1) is 0 Å². The van der Waals surface area contributed by atoms with Gasteiger partial charge in [0.1, 0.15) is 0 Å². The summed E-state index contributed by atoms with van der Waals surface area (Å²) >= 11 is -2.73. The molecule has 0 unspecified atom stereocenters. The minimum absolute atomic E-state index is 0.0831. The quantitative estimate of drug-likeness (QED) is 0.104. The zero-order chi connectivity index (χ0) is 26.0. The second kappa shape index (κ2) is 14.5. The van der Waals surface area contributed by atoms with Crippen molar-refractivity contribution in [3.63, 3.8) is 0 Å². The van der Waals surface area contributed by atoms with Crippen LogP contribution in [0.25, 0.3) is 10.8 Å². The Hall–Kier alpha value is -1.36. The SMILES string of the molecule is CCCCCCCCN1C(=O)c2cccc3[c]([Sn]([CH2]CCC)([CH2]CCC)[CH2]CCC)ccc(c23)C1=O. The molecule has 0 fully saturated rings. The maximum atomic E-state index is 13.6. The van der Waals surface area contributed by atoms with Gasteiger partial charge in [-0.25, -0.2) is 0 Å². The molecule has 0 bridgehead atoms. The summed E-state index contributed by atoms with van der Waals surface area (Å²) in [5.74, 6) is -0.166. The van der Waals surface area contributed by atoms with Crippen LogP contribution in [0.2, 0.25) is 13.3 Å². The number of carbonyl (C=O) groups is 2. The van der Waals surface area contributed by atoms with Gasteiger partial charge in [0.25, 0.3) is 0 Å². The third-order valence-electron chi connectivity index (χ3n) is 8.33. The van der Waals surface area contributed by atoms with Crippen molar-refractivity contribution in [1.82, 2.24) is 4.90 Å². The third kappa shape index (κ3) is 6.55. The molecule has 36 heavy (non-hydrogen) atoms. The minimum atomic E-state index is -2.73. The van der Waals surface area contributed by atoms with E-state index in [1.165, 1.54) is 87.8 Å². The van der Waals surface area contributed by atoms with Crippen molar-refractivity contribution in [1.29, 1.82) is 0 Å². The number of hydrogen-bond donors (Lipinski definition) is 0. The first-order valence-electron chi connectivity index (χ1n) is 15.0. The van der Waals surface area contributed by atoms with Crippen molar-refractivity contribution in [2.75, 3.05) is 6.54 Å². The van der Waals surface area contributed by atoms with Crippen LogP contribution in [0.5, 0.6) is 0 Å². The maximum absolute atomic E-state index is 13.6. The molecule has 0 N–H and O–H groups in total. The molecule has 0 radical (unpaired) electrons. The first kappa shape index (κ1) is 29.2. The predicted octanol–water partition coefficient (Wildman–Crippen LogP) is 8.85. The normalized spacial score (nSPS) is 13.7. The van der Waals surface area contributed by atoms with Crippen molar-refractivity contribution >= 4 is 44.5 Å². The Kier molecular flexibility index (Phi) is 11.8. The van der Waals surface area contributed by atoms with Gasteiger partial charge in [0.2, 0.25) is 0 Å². The Labute approximate surface area is 224 Å². The molecular formula is C32H49NO2Sn. The molecule has 0 aliphatic carbocycles. The van der Waals surface area contributed by atoms with Crippen LogP contribution in [0.15, 0.2) is 30.3 Å². The zero-order valence-electron chi connectivity index (χ0n) is 23.5. The molecule has 1 aliphatic rings. The molecule has 1 aliphatic heterocycles. The second-order valence-corrected chi connectivity index (χ2v) is 24.1. The fourth-order valence-electron chi connectivity index (χ4n) is 6.19. The summed E-state index contributed by atoms with van der Waals surface area (Å²) in [5, 5.41) is 2.18. The number of hydrogen-bond acceptors (Lipinski definition) is 2. The monoisotopic (exact) mass is 599 g/mol. The van der Waals surface area contributed by atoms with Gasteiger partial charge in [0.15, 0.2) is 0 Å². The van der Waals surface area contributed by atoms with Gasteiger partial charge in [0, 0.05) is 0 Å². The van der Waals surface area contributed by atoms with Crippen LogP contribution in [-0.4, -0.2) is 41.6 Å². The van der Waals surface area contributed by atoms with Crippen molar-refractivity contribution in [2.24, 2.45) is 0 Å². The van der Waals surface area contributed by atoms with Crippen LogP contribution in [0.3, 0.4) is 0 Å². The predicted molar refractivity (Wildman–Crippen MR) is 157 cm³/mol. The number of nitrogens with zero attached hydrogens (tertiary/aromatic N) is 1. The molecule has 0 saturated heterocycles. The second-order valence-electron chi connectivity index (χ2n) is 11.0. The van der Waals surface area contributed by atoms with Crippen molar-refractivity contribution in [3.8, 4) is 0 Å². The van der Waals surface area contributed by atoms with Crippen molar-refractivity contribution < 1.29 is 9.59 Å². The summed E-state index contributed by atoms with van der Waals surface area (Å²) in [7, 11) is 0. The molecule has 2 aromatic rings. The van der Waals surface area contributed by atoms with Crippen LogP contribution in [-0.2, 0) is 0 Å². The molecule has 2 amide bonds. The van der Waals surface area contributed by atoms with E-state index in [1.807, 2.05) is 6.07 Å². The van der Waals surface area contributed by atoms with Crippen LogP contribution in [0.4, 0.5) is 0 Å². The van der Waals surface area contributed by atoms with E-state index in [4.69, 9.17) is 0 Å². The van der Waals surface area contributed by atoms with Crippen molar-refractivity contribution in [2.45, 2.75) is 118 Å². The number of rotatable bonds is 17. The Morgan fingerprint density at radius 1 is 0.611 bits per heavy atom. The molecule has 0 atom stereocenters. The third-order valence-corrected chi connectivity index (χ3v) is 24.1. The Bertz CT molecular complexity index is 971. The van der Waals surface area contributed by atoms with E-state index in [0.29, 0.717) is 6.54 Å². The van der Waals surface area contributed by atoms with Gasteiger partial charge in [-0.05, 0) is 0 Å². The van der Waals surface area contributed by atoms with Gasteiger partial charge in [-0.1, -0.05) is 13.3 Å². The standard InChI is InChI=1S/C20H22NO2.3C4H9.Sn/c1-2-3-4-5-6-7-14-21-19(22)16-12-8-10-15-11-9-13-17(18(15)16)20(21)23;3*1-3-4-2;/h8-10,12-13H,2-7,14H2,1H3;3*1,3-4H2,2H3;. The van der Waals surface area contributed by atoms with Crippen LogP contribution in [0.1, 0.15) is 125 Å². The summed E-state index contributed by atoms with van der Waals surface area (Å²) in [6, 6.07) is 10.7. The van der Waals surface area contributed by atoms with Crippen LogP contribution in [0, 0.1) is 0 Å². The molecule has 3 nitrogen and oxygen atoms in total. The molecule has 198 valence electrons. The van der Waals surface area contributed by atoms with E-state index in [9.17, 15) is 9.59 Å². The number of carbonyl (C=O) groups excluding carboxylic acids is 2. The van der Waals surface area contributed by atoms with E-state index in [2.05, 4.69) is 52.0 Å². The number of benzene rings is 2. The fourth-order valence-corrected chi connectivity index (χ4v) is 22.9. The summed E-state index contributed by atoms with van der Waals surface area (Å²) in [6.45, 7) is 9.69. The average molecular weight is 598 g/mol. The number of amides is 2. The Morgan fingerprint density at radius 3 is 1.72 bits per heavy atom. The molecule has 0 saturated carbocycles. The molecule has 2 aromatic carbocycles. The Morgan fingerprint density at radius 2 is 1.14 bits per heavy atom. The topological polar surface area (TPSA) is 37.4 Å². The van der Waals surface area contributed by atoms with Crippen molar-refractivity contribution in [3.05, 3.63) is 41.5 Å². The molecule has 4 heteroatoms. The average Bonchev–Trinajstić information content (AvgIpc) is 2.90. The van der Waals surface area contributed by atoms with E-state index in [-0.39, 0.29) is 11.8 Å². The van der Waals surface area contributed by atoms with Gasteiger partial charge in [-0.3, -0.25) is 0 Å². The molecule has 3 rings (SSSR count). The van der Waals surface area contributed by atoms with Gasteiger partial charge in [0.05, 0.1) is 0 Å². The molecular weight excluding hydrogens is 549 g/mol. The van der Waals surface area contributed by atoms with Crippen LogP contribution < -0.4 is 3.58 Å². The molecule has 0 spiro atoms. The fraction of sp³-hybridized carbons (Fsp3) is 0.625. The van der Waals surface area contributed by atoms with Crippen LogP contribution >= 0.6 is 0 Å². The summed E-state index contributed by atoms with van der Waals surface area (Å²) in [4.78, 5) is 28.7. The summed E-state index contributed by atoms with van der Waals surface area (Å²) in [5.41, 5.74) is 1.49. The summed E-state index contributed by atoms with van der Waals surface area (Å²) in [6.07, 6.45) is 14.5. The van der Waals surface area contributed by atoms with Gasteiger partial charge >= 0.3 is 212 Å².